The Morgan fingerprint density at radius 3 is 2.37 bits per heavy atom. The number of hydrogen-bond acceptors (Lipinski definition) is 9. The molecule has 2 heterocycles. The van der Waals surface area contributed by atoms with Crippen LogP contribution in [0.25, 0.3) is 11.1 Å². The molecule has 0 bridgehead atoms. The minimum absolute atomic E-state index is 0.142. The summed E-state index contributed by atoms with van der Waals surface area (Å²) in [6, 6.07) is 18.6. The fourth-order valence-electron chi connectivity index (χ4n) is 5.81. The van der Waals surface area contributed by atoms with Gasteiger partial charge in [-0.05, 0) is 101 Å². The number of benzene rings is 3. The van der Waals surface area contributed by atoms with Gasteiger partial charge < -0.3 is 20.7 Å². The average molecular weight is 705 g/mol. The van der Waals surface area contributed by atoms with Crippen LogP contribution < -0.4 is 20.7 Å². The molecule has 0 saturated carbocycles. The number of nitrogens with zero attached hydrogens (tertiary/aromatic N) is 3. The lowest BCUT2D eigenvalue weighted by molar-refractivity contribution is 0.0963. The SMILES string of the molecule is CNC(=O)c1cc(Nc2ncc(Cl)c(Nc3ccccc3S(=O)(=O)C(C)C)n2)c(OC(C)C)cc1-c1cccc(CN2CCCCCC2)c1. The van der Waals surface area contributed by atoms with Crippen LogP contribution in [0.3, 0.4) is 0 Å². The molecule has 1 aliphatic heterocycles. The average Bonchev–Trinajstić information content (AvgIpc) is 3.35. The van der Waals surface area contributed by atoms with Crippen LogP contribution in [-0.4, -0.2) is 60.7 Å². The molecule has 49 heavy (non-hydrogen) atoms. The first-order chi connectivity index (χ1) is 23.5. The molecule has 5 rings (SSSR count). The van der Waals surface area contributed by atoms with Crippen LogP contribution in [0.4, 0.5) is 23.1 Å². The molecule has 1 aliphatic rings. The van der Waals surface area contributed by atoms with Crippen LogP contribution in [0, 0.1) is 0 Å². The summed E-state index contributed by atoms with van der Waals surface area (Å²) in [6.45, 7) is 10.2. The molecule has 1 saturated heterocycles. The highest BCUT2D eigenvalue weighted by Crippen LogP contribution is 2.38. The standard InChI is InChI=1S/C37H45ClN6O4S/c1-24(2)48-33-21-28(27-14-12-13-26(19-27)23-44-17-10-6-7-11-18-44)29(36(45)39-5)20-32(33)42-37-40-22-30(38)35(43-37)41-31-15-8-9-16-34(31)49(46,47)25(3)4/h8-9,12-16,19-22,24-25H,6-7,10-11,17-18,23H2,1-5H3,(H,39,45)(H2,40,41,42,43). The van der Waals surface area contributed by atoms with E-state index in [-0.39, 0.29) is 33.7 Å². The number of sulfone groups is 1. The number of amides is 1. The highest BCUT2D eigenvalue weighted by molar-refractivity contribution is 7.92. The lowest BCUT2D eigenvalue weighted by atomic mass is 9.96. The normalized spacial score (nSPS) is 14.0. The van der Waals surface area contributed by atoms with E-state index in [1.54, 1.807) is 51.2 Å². The molecule has 0 radical (unpaired) electrons. The zero-order chi connectivity index (χ0) is 35.1. The number of rotatable bonds is 12. The van der Waals surface area contributed by atoms with Crippen molar-refractivity contribution >= 4 is 50.5 Å². The summed E-state index contributed by atoms with van der Waals surface area (Å²) in [5, 5.41) is 8.65. The van der Waals surface area contributed by atoms with Crippen molar-refractivity contribution in [3.8, 4) is 16.9 Å². The smallest absolute Gasteiger partial charge is 0.251 e. The largest absolute Gasteiger partial charge is 0.489 e. The minimum Gasteiger partial charge on any atom is -0.489 e. The van der Waals surface area contributed by atoms with Crippen molar-refractivity contribution in [1.29, 1.82) is 0 Å². The molecular formula is C37H45ClN6O4S. The topological polar surface area (TPSA) is 126 Å². The summed E-state index contributed by atoms with van der Waals surface area (Å²) in [5.74, 6) is 0.632. The predicted molar refractivity (Wildman–Crippen MR) is 197 cm³/mol. The second kappa shape index (κ2) is 16.0. The number of hydrogen-bond donors (Lipinski definition) is 3. The molecule has 4 aromatic rings. The van der Waals surface area contributed by atoms with Crippen LogP contribution in [0.5, 0.6) is 5.75 Å². The number of halogens is 1. The van der Waals surface area contributed by atoms with Crippen molar-refractivity contribution in [3.05, 3.63) is 83.0 Å². The van der Waals surface area contributed by atoms with Crippen LogP contribution in [0.2, 0.25) is 5.02 Å². The number of likely N-dealkylation sites (tertiary alicyclic amines) is 1. The highest BCUT2D eigenvalue weighted by atomic mass is 35.5. The van der Waals surface area contributed by atoms with Crippen molar-refractivity contribution in [2.75, 3.05) is 30.8 Å². The molecule has 0 spiro atoms. The maximum atomic E-state index is 13.4. The molecule has 12 heteroatoms. The van der Waals surface area contributed by atoms with E-state index in [1.165, 1.54) is 37.4 Å². The summed E-state index contributed by atoms with van der Waals surface area (Å²) < 4.78 is 32.4. The molecule has 0 atom stereocenters. The highest BCUT2D eigenvalue weighted by Gasteiger charge is 2.24. The molecule has 1 amide bonds. The van der Waals surface area contributed by atoms with Crippen molar-refractivity contribution in [2.24, 2.45) is 0 Å². The van der Waals surface area contributed by atoms with Gasteiger partial charge in [0.05, 0.1) is 33.8 Å². The molecule has 3 aromatic carbocycles. The number of para-hydroxylation sites is 1. The fraction of sp³-hybridized carbons (Fsp3) is 0.378. The van der Waals surface area contributed by atoms with Crippen LogP contribution in [0.1, 0.15) is 69.3 Å². The Morgan fingerprint density at radius 1 is 0.939 bits per heavy atom. The maximum Gasteiger partial charge on any atom is 0.251 e. The summed E-state index contributed by atoms with van der Waals surface area (Å²) in [4.78, 5) is 24.9. The first kappa shape index (κ1) is 36.1. The number of carbonyl (C=O) groups excluding carboxylic acids is 1. The van der Waals surface area contributed by atoms with E-state index in [4.69, 9.17) is 16.3 Å². The number of anilines is 4. The molecular weight excluding hydrogens is 660 g/mol. The molecule has 1 aromatic heterocycles. The second-order valence-corrected chi connectivity index (χ2v) is 15.6. The van der Waals surface area contributed by atoms with Gasteiger partial charge in [0, 0.05) is 19.2 Å². The fourth-order valence-corrected chi connectivity index (χ4v) is 7.15. The lowest BCUT2D eigenvalue weighted by Crippen LogP contribution is -2.24. The van der Waals surface area contributed by atoms with Crippen molar-refractivity contribution in [3.63, 3.8) is 0 Å². The molecule has 10 nitrogen and oxygen atoms in total. The molecule has 260 valence electrons. The minimum atomic E-state index is -3.59. The molecule has 3 N–H and O–H groups in total. The Morgan fingerprint density at radius 2 is 1.67 bits per heavy atom. The maximum absolute atomic E-state index is 13.4. The van der Waals surface area contributed by atoms with Gasteiger partial charge in [-0.3, -0.25) is 9.69 Å². The first-order valence-electron chi connectivity index (χ1n) is 16.7. The van der Waals surface area contributed by atoms with E-state index in [9.17, 15) is 13.2 Å². The monoisotopic (exact) mass is 704 g/mol. The van der Waals surface area contributed by atoms with E-state index in [2.05, 4.69) is 43.0 Å². The van der Waals surface area contributed by atoms with Gasteiger partial charge >= 0.3 is 0 Å². The number of aromatic nitrogens is 2. The Kier molecular flexibility index (Phi) is 11.8. The Hall–Kier alpha value is -4.19. The van der Waals surface area contributed by atoms with Crippen LogP contribution in [-0.2, 0) is 16.4 Å². The summed E-state index contributed by atoms with van der Waals surface area (Å²) in [6.07, 6.45) is 6.24. The van der Waals surface area contributed by atoms with Gasteiger partial charge in [-0.25, -0.2) is 13.4 Å². The predicted octanol–water partition coefficient (Wildman–Crippen LogP) is 7.99. The van der Waals surface area contributed by atoms with Crippen molar-refractivity contribution in [1.82, 2.24) is 20.2 Å². The van der Waals surface area contributed by atoms with E-state index in [0.29, 0.717) is 22.7 Å². The number of ether oxygens (including phenoxy) is 1. The quantitative estimate of drug-likeness (QED) is 0.135. The first-order valence-corrected chi connectivity index (χ1v) is 18.7. The van der Waals surface area contributed by atoms with Crippen molar-refractivity contribution in [2.45, 2.75) is 76.2 Å². The molecule has 0 unspecified atom stereocenters. The number of carbonyl (C=O) groups is 1. The summed E-state index contributed by atoms with van der Waals surface area (Å²) >= 11 is 6.49. The van der Waals surface area contributed by atoms with Gasteiger partial charge in [-0.1, -0.05) is 54.8 Å². The zero-order valence-electron chi connectivity index (χ0n) is 28.7. The van der Waals surface area contributed by atoms with E-state index >= 15 is 0 Å². The molecule has 1 fully saturated rings. The third kappa shape index (κ3) is 8.89. The van der Waals surface area contributed by atoms with Gasteiger partial charge in [-0.15, -0.1) is 0 Å². The van der Waals surface area contributed by atoms with Gasteiger partial charge in [0.1, 0.15) is 10.8 Å². The van der Waals surface area contributed by atoms with Gasteiger partial charge in [0.2, 0.25) is 5.95 Å². The third-order valence-electron chi connectivity index (χ3n) is 8.35. The van der Waals surface area contributed by atoms with Crippen LogP contribution in [0.15, 0.2) is 71.8 Å². The van der Waals surface area contributed by atoms with Crippen LogP contribution >= 0.6 is 11.6 Å². The molecule has 0 aliphatic carbocycles. The Bertz CT molecular complexity index is 1890. The third-order valence-corrected chi connectivity index (χ3v) is 10.8. The van der Waals surface area contributed by atoms with Gasteiger partial charge in [-0.2, -0.15) is 4.98 Å². The Labute approximate surface area is 294 Å². The van der Waals surface area contributed by atoms with E-state index in [1.807, 2.05) is 32.0 Å². The Balaban J connectivity index is 1.51. The summed E-state index contributed by atoms with van der Waals surface area (Å²) in [5.41, 5.74) is 4.11. The van der Waals surface area contributed by atoms with Crippen molar-refractivity contribution < 1.29 is 17.9 Å². The zero-order valence-corrected chi connectivity index (χ0v) is 30.3. The number of nitrogens with one attached hydrogen (secondary N) is 3. The van der Waals surface area contributed by atoms with E-state index < -0.39 is 15.1 Å². The summed E-state index contributed by atoms with van der Waals surface area (Å²) in [7, 11) is -1.99. The lowest BCUT2D eigenvalue weighted by Gasteiger charge is -2.21. The van der Waals surface area contributed by atoms with E-state index in [0.717, 1.165) is 30.8 Å². The van der Waals surface area contributed by atoms with Gasteiger partial charge in [0.25, 0.3) is 5.91 Å². The van der Waals surface area contributed by atoms with Gasteiger partial charge in [0.15, 0.2) is 15.7 Å². The second-order valence-electron chi connectivity index (χ2n) is 12.8.